The molecule has 180 valence electrons. The van der Waals surface area contributed by atoms with Crippen LogP contribution in [0.1, 0.15) is 52.8 Å². The molecule has 0 aliphatic heterocycles. The molecule has 1 N–H and O–H groups in total. The van der Waals surface area contributed by atoms with Crippen LogP contribution in [0.5, 0.6) is 5.75 Å². The number of nitrogens with zero attached hydrogens (tertiary/aromatic N) is 2. The summed E-state index contributed by atoms with van der Waals surface area (Å²) in [6, 6.07) is 4.93. The summed E-state index contributed by atoms with van der Waals surface area (Å²) in [6.07, 6.45) is 0.277. The Bertz CT molecular complexity index is 1320. The number of hydrogen-bond acceptors (Lipinski definition) is 4. The topological polar surface area (TPSA) is 75.3 Å². The van der Waals surface area contributed by atoms with E-state index in [1.54, 1.807) is 0 Å². The third kappa shape index (κ3) is 4.12. The summed E-state index contributed by atoms with van der Waals surface area (Å²) in [6.45, 7) is 0. The molecule has 1 aliphatic rings. The minimum absolute atomic E-state index is 0.0279. The number of aromatic amines is 1. The molecule has 2 aromatic heterocycles. The normalized spacial score (nSPS) is 19.7. The average molecular weight is 477 g/mol. The summed E-state index contributed by atoms with van der Waals surface area (Å²) in [5, 5.41) is 0.0504. The van der Waals surface area contributed by atoms with Gasteiger partial charge in [0.2, 0.25) is 11.7 Å². The molecule has 0 saturated heterocycles. The van der Waals surface area contributed by atoms with E-state index in [1.807, 2.05) is 0 Å². The highest BCUT2D eigenvalue weighted by Gasteiger charge is 2.44. The highest BCUT2D eigenvalue weighted by molar-refractivity contribution is 6.03. The molecule has 4 rings (SSSR count). The summed E-state index contributed by atoms with van der Waals surface area (Å²) in [7, 11) is 4.23. The van der Waals surface area contributed by atoms with E-state index in [0.29, 0.717) is 0 Å². The van der Waals surface area contributed by atoms with Gasteiger partial charge in [-0.15, -0.1) is 0 Å². The molecule has 2 heterocycles. The molecule has 1 fully saturated rings. The molecule has 0 radical (unpaired) electrons. The summed E-state index contributed by atoms with van der Waals surface area (Å²) in [5.74, 6) is -7.71. The molecular weight excluding hydrogens is 454 g/mol. The van der Waals surface area contributed by atoms with Gasteiger partial charge >= 0.3 is 0 Å². The second-order valence-electron chi connectivity index (χ2n) is 8.67. The third-order valence-corrected chi connectivity index (χ3v) is 6.28. The van der Waals surface area contributed by atoms with Crippen LogP contribution in [0.2, 0.25) is 0 Å². The maximum atomic E-state index is 14.5. The number of benzene rings is 1. The molecule has 1 amide bonds. The largest absolute Gasteiger partial charge is 0.493 e. The fraction of sp³-hybridized carbons (Fsp3) is 0.375. The Kier molecular flexibility index (Phi) is 6.09. The fourth-order valence-corrected chi connectivity index (χ4v) is 4.67. The minimum atomic E-state index is -3.01. The van der Waals surface area contributed by atoms with Crippen molar-refractivity contribution in [1.82, 2.24) is 14.9 Å². The van der Waals surface area contributed by atoms with Crippen molar-refractivity contribution in [2.45, 2.75) is 37.0 Å². The zero-order valence-corrected chi connectivity index (χ0v) is 18.8. The van der Waals surface area contributed by atoms with E-state index in [0.717, 1.165) is 6.07 Å². The first-order chi connectivity index (χ1) is 16.0. The zero-order valence-electron chi connectivity index (χ0n) is 18.8. The van der Waals surface area contributed by atoms with E-state index in [9.17, 15) is 27.2 Å². The molecule has 6 nitrogen and oxygen atoms in total. The van der Waals surface area contributed by atoms with E-state index in [4.69, 9.17) is 4.74 Å². The van der Waals surface area contributed by atoms with Crippen LogP contribution >= 0.6 is 0 Å². The number of carbonyl (C=O) groups excluding carboxylic acids is 1. The van der Waals surface area contributed by atoms with Gasteiger partial charge in [-0.05, 0) is 24.5 Å². The van der Waals surface area contributed by atoms with Crippen LogP contribution in [-0.2, 0) is 0 Å². The predicted molar refractivity (Wildman–Crippen MR) is 118 cm³/mol. The van der Waals surface area contributed by atoms with Crippen molar-refractivity contribution < 1.29 is 27.1 Å². The van der Waals surface area contributed by atoms with Gasteiger partial charge in [0.05, 0.1) is 18.0 Å². The van der Waals surface area contributed by atoms with E-state index >= 15 is 0 Å². The molecule has 34 heavy (non-hydrogen) atoms. The Labute approximate surface area is 192 Å². The lowest BCUT2D eigenvalue weighted by molar-refractivity contribution is -0.0466. The van der Waals surface area contributed by atoms with E-state index in [-0.39, 0.29) is 40.0 Å². The standard InChI is InChI=1S/C24H23F4N3O3/c1-31(2)23(33)21-19-16(7-9-29-21)30-17(10-18(19)32)14-11-24(27,28)8-6-12(14)13-4-5-15(25)20(26)22(13)34-3/h4-5,7,9-10,12,14H,6,8,11H2,1-3H3,(H,30,32). The molecule has 3 aromatic rings. The van der Waals surface area contributed by atoms with Crippen molar-refractivity contribution >= 4 is 16.8 Å². The van der Waals surface area contributed by atoms with E-state index in [2.05, 4.69) is 9.97 Å². The van der Waals surface area contributed by atoms with Crippen LogP contribution in [-0.4, -0.2) is 47.9 Å². The first-order valence-corrected chi connectivity index (χ1v) is 10.7. The molecule has 0 spiro atoms. The summed E-state index contributed by atoms with van der Waals surface area (Å²) in [4.78, 5) is 33.9. The Hall–Kier alpha value is -3.43. The molecule has 2 unspecified atom stereocenters. The lowest BCUT2D eigenvalue weighted by atomic mass is 9.72. The van der Waals surface area contributed by atoms with Gasteiger partial charge in [-0.1, -0.05) is 6.07 Å². The van der Waals surface area contributed by atoms with Crippen LogP contribution in [0.25, 0.3) is 10.9 Å². The Morgan fingerprint density at radius 2 is 1.94 bits per heavy atom. The maximum Gasteiger partial charge on any atom is 0.272 e. The minimum Gasteiger partial charge on any atom is -0.493 e. The first-order valence-electron chi connectivity index (χ1n) is 10.7. The van der Waals surface area contributed by atoms with Gasteiger partial charge in [0.15, 0.2) is 17.0 Å². The molecule has 1 aliphatic carbocycles. The van der Waals surface area contributed by atoms with Gasteiger partial charge < -0.3 is 14.6 Å². The smallest absolute Gasteiger partial charge is 0.272 e. The molecule has 1 aromatic carbocycles. The van der Waals surface area contributed by atoms with E-state index < -0.39 is 53.6 Å². The number of ether oxygens (including phenoxy) is 1. The van der Waals surface area contributed by atoms with Gasteiger partial charge in [-0.25, -0.2) is 13.2 Å². The third-order valence-electron chi connectivity index (χ3n) is 6.28. The van der Waals surface area contributed by atoms with Crippen molar-refractivity contribution in [1.29, 1.82) is 0 Å². The highest BCUT2D eigenvalue weighted by atomic mass is 19.3. The number of halogens is 4. The molecule has 0 bridgehead atoms. The number of alkyl halides is 2. The second-order valence-corrected chi connectivity index (χ2v) is 8.67. The number of hydrogen-bond donors (Lipinski definition) is 1. The van der Waals surface area contributed by atoms with Crippen molar-refractivity contribution in [3.63, 3.8) is 0 Å². The first kappa shape index (κ1) is 23.7. The number of H-pyrrole nitrogens is 1. The number of rotatable bonds is 4. The fourth-order valence-electron chi connectivity index (χ4n) is 4.67. The van der Waals surface area contributed by atoms with Crippen molar-refractivity contribution in [2.75, 3.05) is 21.2 Å². The average Bonchev–Trinajstić information content (AvgIpc) is 2.79. The van der Waals surface area contributed by atoms with Crippen molar-refractivity contribution in [3.8, 4) is 5.75 Å². The number of fused-ring (bicyclic) bond motifs is 1. The lowest BCUT2D eigenvalue weighted by Crippen LogP contribution is -2.31. The monoisotopic (exact) mass is 477 g/mol. The van der Waals surface area contributed by atoms with Gasteiger partial charge in [0.25, 0.3) is 5.91 Å². The summed E-state index contributed by atoms with van der Waals surface area (Å²) < 4.78 is 62.3. The van der Waals surface area contributed by atoms with Crippen LogP contribution in [0.4, 0.5) is 17.6 Å². The Morgan fingerprint density at radius 1 is 1.21 bits per heavy atom. The molecule has 1 saturated carbocycles. The number of nitrogens with one attached hydrogen (secondary N) is 1. The highest BCUT2D eigenvalue weighted by Crippen LogP contribution is 2.51. The Morgan fingerprint density at radius 3 is 2.62 bits per heavy atom. The molecular formula is C24H23F4N3O3. The maximum absolute atomic E-state index is 14.5. The van der Waals surface area contributed by atoms with Crippen LogP contribution in [0, 0.1) is 11.6 Å². The number of methoxy groups -OCH3 is 1. The van der Waals surface area contributed by atoms with Gasteiger partial charge in [0.1, 0.15) is 5.69 Å². The number of carbonyl (C=O) groups is 1. The molecule has 10 heteroatoms. The van der Waals surface area contributed by atoms with Gasteiger partial charge in [-0.2, -0.15) is 4.39 Å². The van der Waals surface area contributed by atoms with Crippen LogP contribution in [0.3, 0.4) is 0 Å². The summed E-state index contributed by atoms with van der Waals surface area (Å²) in [5.41, 5.74) is 0.131. The quantitative estimate of drug-likeness (QED) is 0.558. The number of amides is 1. The zero-order chi connectivity index (χ0) is 24.8. The van der Waals surface area contributed by atoms with Crippen molar-refractivity contribution in [2.24, 2.45) is 0 Å². The molecule has 2 atom stereocenters. The van der Waals surface area contributed by atoms with E-state index in [1.165, 1.54) is 50.5 Å². The lowest BCUT2D eigenvalue weighted by Gasteiger charge is -2.37. The number of pyridine rings is 2. The van der Waals surface area contributed by atoms with Crippen molar-refractivity contribution in [3.05, 3.63) is 69.3 Å². The predicted octanol–water partition coefficient (Wildman–Crippen LogP) is 4.60. The Balaban J connectivity index is 1.88. The van der Waals surface area contributed by atoms with Gasteiger partial charge in [0, 0.05) is 56.4 Å². The van der Waals surface area contributed by atoms with Gasteiger partial charge in [-0.3, -0.25) is 14.6 Å². The second kappa shape index (κ2) is 8.73. The SMILES string of the molecule is COc1c(C2CCC(F)(F)CC2c2cc(=O)c3c(C(=O)N(C)C)nccc3[nH]2)ccc(F)c1F. The van der Waals surface area contributed by atoms with Crippen LogP contribution in [0.15, 0.2) is 35.3 Å². The van der Waals surface area contributed by atoms with Crippen LogP contribution < -0.4 is 10.2 Å². The summed E-state index contributed by atoms with van der Waals surface area (Å²) >= 11 is 0. The number of aromatic nitrogens is 2.